The average molecular weight is 276 g/mol. The van der Waals surface area contributed by atoms with Crippen molar-refractivity contribution in [3.05, 3.63) is 35.9 Å². The van der Waals surface area contributed by atoms with Gasteiger partial charge >= 0.3 is 0 Å². The van der Waals surface area contributed by atoms with Gasteiger partial charge < -0.3 is 9.80 Å². The van der Waals surface area contributed by atoms with Crippen molar-refractivity contribution in [3.8, 4) is 0 Å². The fraction of sp³-hybridized carbons (Fsp3) is 0.500. The Morgan fingerprint density at radius 1 is 1.20 bits per heavy atom. The maximum Gasteiger partial charge on any atom is 0.242 e. The van der Waals surface area contributed by atoms with Crippen LogP contribution in [0, 0.1) is 0 Å². The maximum absolute atomic E-state index is 12.2. The summed E-state index contributed by atoms with van der Waals surface area (Å²) in [6.07, 6.45) is 0.843. The summed E-state index contributed by atoms with van der Waals surface area (Å²) in [5, 5.41) is 0. The van der Waals surface area contributed by atoms with Gasteiger partial charge in [0.25, 0.3) is 0 Å². The summed E-state index contributed by atoms with van der Waals surface area (Å²) < 4.78 is 0. The Morgan fingerprint density at radius 2 is 1.80 bits per heavy atom. The van der Waals surface area contributed by atoms with Crippen LogP contribution in [-0.2, 0) is 16.1 Å². The lowest BCUT2D eigenvalue weighted by molar-refractivity contribution is -0.140. The van der Waals surface area contributed by atoms with Crippen LogP contribution in [0.15, 0.2) is 30.3 Å². The lowest BCUT2D eigenvalue weighted by Crippen LogP contribution is -2.44. The number of rotatable bonds is 6. The first kappa shape index (κ1) is 16.2. The highest BCUT2D eigenvalue weighted by atomic mass is 16.2. The Labute approximate surface area is 121 Å². The van der Waals surface area contributed by atoms with Crippen LogP contribution < -0.4 is 0 Å². The molecule has 0 bridgehead atoms. The van der Waals surface area contributed by atoms with Gasteiger partial charge in [0.1, 0.15) is 0 Å². The predicted molar refractivity (Wildman–Crippen MR) is 80.1 cm³/mol. The number of benzene rings is 1. The van der Waals surface area contributed by atoms with Crippen LogP contribution in [0.1, 0.15) is 32.8 Å². The van der Waals surface area contributed by atoms with E-state index in [1.807, 2.05) is 44.2 Å². The third kappa shape index (κ3) is 4.68. The van der Waals surface area contributed by atoms with E-state index >= 15 is 0 Å². The molecule has 0 N–H and O–H groups in total. The highest BCUT2D eigenvalue weighted by Gasteiger charge is 2.20. The predicted octanol–water partition coefficient (Wildman–Crippen LogP) is 2.29. The molecule has 1 aromatic carbocycles. The van der Waals surface area contributed by atoms with Gasteiger partial charge in [-0.3, -0.25) is 9.59 Å². The van der Waals surface area contributed by atoms with Crippen LogP contribution in [0.5, 0.6) is 0 Å². The molecule has 0 saturated carbocycles. The van der Waals surface area contributed by atoms with Gasteiger partial charge in [0, 0.05) is 26.6 Å². The van der Waals surface area contributed by atoms with Crippen molar-refractivity contribution in [1.82, 2.24) is 9.80 Å². The molecule has 0 aromatic heterocycles. The number of nitrogens with zero attached hydrogens (tertiary/aromatic N) is 2. The Hall–Kier alpha value is -1.84. The highest BCUT2D eigenvalue weighted by molar-refractivity contribution is 5.83. The van der Waals surface area contributed by atoms with Crippen LogP contribution in [0.4, 0.5) is 0 Å². The molecule has 0 spiro atoms. The standard InChI is InChI=1S/C16H24N2O2/c1-5-13(2)18(14(3)19)12-16(20)17(4)11-15-9-7-6-8-10-15/h6-10,13H,5,11-12H2,1-4H3. The number of hydrogen-bond donors (Lipinski definition) is 0. The van der Waals surface area contributed by atoms with E-state index in [9.17, 15) is 9.59 Å². The fourth-order valence-corrected chi connectivity index (χ4v) is 2.01. The first-order valence-corrected chi connectivity index (χ1v) is 7.00. The molecule has 2 amide bonds. The van der Waals surface area contributed by atoms with Crippen molar-refractivity contribution < 1.29 is 9.59 Å². The lowest BCUT2D eigenvalue weighted by atomic mass is 10.2. The zero-order valence-corrected chi connectivity index (χ0v) is 12.8. The fourth-order valence-electron chi connectivity index (χ4n) is 2.01. The smallest absolute Gasteiger partial charge is 0.242 e. The maximum atomic E-state index is 12.2. The van der Waals surface area contributed by atoms with E-state index in [1.165, 1.54) is 6.92 Å². The first-order chi connectivity index (χ1) is 9.45. The minimum atomic E-state index is -0.0548. The van der Waals surface area contributed by atoms with Gasteiger partial charge in [0.05, 0.1) is 6.54 Å². The number of likely N-dealkylation sites (N-methyl/N-ethyl adjacent to an activating group) is 1. The van der Waals surface area contributed by atoms with Gasteiger partial charge in [-0.15, -0.1) is 0 Å². The van der Waals surface area contributed by atoms with Gasteiger partial charge in [-0.25, -0.2) is 0 Å². The van der Waals surface area contributed by atoms with E-state index in [1.54, 1.807) is 16.8 Å². The van der Waals surface area contributed by atoms with Crippen molar-refractivity contribution in [3.63, 3.8) is 0 Å². The molecule has 1 atom stereocenters. The number of hydrogen-bond acceptors (Lipinski definition) is 2. The summed E-state index contributed by atoms with van der Waals surface area (Å²) in [5.74, 6) is -0.0924. The topological polar surface area (TPSA) is 40.6 Å². The van der Waals surface area contributed by atoms with Gasteiger partial charge in [0.15, 0.2) is 0 Å². The number of carbonyl (C=O) groups excluding carboxylic acids is 2. The molecule has 20 heavy (non-hydrogen) atoms. The van der Waals surface area contributed by atoms with Crippen LogP contribution >= 0.6 is 0 Å². The van der Waals surface area contributed by atoms with E-state index in [-0.39, 0.29) is 24.4 Å². The largest absolute Gasteiger partial charge is 0.340 e. The van der Waals surface area contributed by atoms with Crippen molar-refractivity contribution in [2.24, 2.45) is 0 Å². The Balaban J connectivity index is 2.62. The van der Waals surface area contributed by atoms with E-state index < -0.39 is 0 Å². The number of carbonyl (C=O) groups is 2. The Bertz CT molecular complexity index is 445. The minimum Gasteiger partial charge on any atom is -0.340 e. The van der Waals surface area contributed by atoms with Gasteiger partial charge in [-0.05, 0) is 18.9 Å². The molecular formula is C16H24N2O2. The van der Waals surface area contributed by atoms with Crippen LogP contribution in [0.2, 0.25) is 0 Å². The molecule has 0 aliphatic rings. The summed E-state index contributed by atoms with van der Waals surface area (Å²) in [7, 11) is 1.77. The normalized spacial score (nSPS) is 11.8. The second-order valence-electron chi connectivity index (χ2n) is 5.14. The second kappa shape index (κ2) is 7.68. The third-order valence-corrected chi connectivity index (χ3v) is 3.52. The SMILES string of the molecule is CCC(C)N(CC(=O)N(C)Cc1ccccc1)C(C)=O. The second-order valence-corrected chi connectivity index (χ2v) is 5.14. The van der Waals surface area contributed by atoms with E-state index in [2.05, 4.69) is 0 Å². The van der Waals surface area contributed by atoms with Gasteiger partial charge in [0.2, 0.25) is 11.8 Å². The monoisotopic (exact) mass is 276 g/mol. The summed E-state index contributed by atoms with van der Waals surface area (Å²) in [4.78, 5) is 27.1. The molecule has 0 fully saturated rings. The molecular weight excluding hydrogens is 252 g/mol. The molecule has 1 rings (SSSR count). The van der Waals surface area contributed by atoms with E-state index in [4.69, 9.17) is 0 Å². The molecule has 1 aromatic rings. The third-order valence-electron chi connectivity index (χ3n) is 3.52. The molecule has 4 heteroatoms. The van der Waals surface area contributed by atoms with Crippen molar-refractivity contribution in [1.29, 1.82) is 0 Å². The Kier molecular flexibility index (Phi) is 6.22. The van der Waals surface area contributed by atoms with Crippen LogP contribution in [0.25, 0.3) is 0 Å². The summed E-state index contributed by atoms with van der Waals surface area (Å²) >= 11 is 0. The van der Waals surface area contributed by atoms with Crippen LogP contribution in [0.3, 0.4) is 0 Å². The highest BCUT2D eigenvalue weighted by Crippen LogP contribution is 2.07. The van der Waals surface area contributed by atoms with E-state index in [0.717, 1.165) is 12.0 Å². The molecule has 0 radical (unpaired) electrons. The zero-order chi connectivity index (χ0) is 15.1. The summed E-state index contributed by atoms with van der Waals surface area (Å²) in [5.41, 5.74) is 1.08. The van der Waals surface area contributed by atoms with Gasteiger partial charge in [-0.1, -0.05) is 37.3 Å². The lowest BCUT2D eigenvalue weighted by Gasteiger charge is -2.29. The number of amides is 2. The quantitative estimate of drug-likeness (QED) is 0.800. The van der Waals surface area contributed by atoms with Crippen molar-refractivity contribution in [2.45, 2.75) is 39.8 Å². The summed E-state index contributed by atoms with van der Waals surface area (Å²) in [6.45, 7) is 6.20. The van der Waals surface area contributed by atoms with Gasteiger partial charge in [-0.2, -0.15) is 0 Å². The first-order valence-electron chi connectivity index (χ1n) is 7.00. The molecule has 0 aliphatic heterocycles. The molecule has 110 valence electrons. The molecule has 0 aliphatic carbocycles. The molecule has 0 saturated heterocycles. The molecule has 4 nitrogen and oxygen atoms in total. The van der Waals surface area contributed by atoms with Crippen molar-refractivity contribution in [2.75, 3.05) is 13.6 Å². The van der Waals surface area contributed by atoms with Crippen molar-refractivity contribution >= 4 is 11.8 Å². The molecule has 1 unspecified atom stereocenters. The average Bonchev–Trinajstić information content (AvgIpc) is 2.44. The Morgan fingerprint density at radius 3 is 2.30 bits per heavy atom. The zero-order valence-electron chi connectivity index (χ0n) is 12.8. The molecule has 0 heterocycles. The minimum absolute atomic E-state index is 0.0376. The summed E-state index contributed by atoms with van der Waals surface area (Å²) in [6, 6.07) is 9.92. The van der Waals surface area contributed by atoms with E-state index in [0.29, 0.717) is 6.54 Å². The van der Waals surface area contributed by atoms with Crippen LogP contribution in [-0.4, -0.2) is 41.2 Å².